The Bertz CT molecular complexity index is 325. The Morgan fingerprint density at radius 1 is 1.44 bits per heavy atom. The fourth-order valence-electron chi connectivity index (χ4n) is 1.88. The molecule has 1 saturated heterocycles. The van der Waals surface area contributed by atoms with Crippen LogP contribution in [0.5, 0.6) is 0 Å². The zero-order chi connectivity index (χ0) is 12.3. The molecular formula is C9H15N3O4. The molecule has 90 valence electrons. The molecule has 1 rings (SSSR count). The molecule has 1 aliphatic heterocycles. The van der Waals surface area contributed by atoms with Gasteiger partial charge in [-0.15, -0.1) is 0 Å². The molecule has 0 aromatic heterocycles. The van der Waals surface area contributed by atoms with E-state index < -0.39 is 29.4 Å². The third kappa shape index (κ3) is 1.85. The molecule has 4 N–H and O–H groups in total. The van der Waals surface area contributed by atoms with Gasteiger partial charge in [-0.1, -0.05) is 13.8 Å². The van der Waals surface area contributed by atoms with E-state index in [1.54, 1.807) is 13.8 Å². The molecule has 0 aromatic rings. The van der Waals surface area contributed by atoms with Crippen LogP contribution in [0.1, 0.15) is 26.7 Å². The molecule has 0 aromatic carbocycles. The van der Waals surface area contributed by atoms with Crippen LogP contribution in [-0.2, 0) is 14.3 Å². The molecule has 7 nitrogen and oxygen atoms in total. The molecule has 1 heterocycles. The van der Waals surface area contributed by atoms with Crippen molar-refractivity contribution >= 4 is 18.0 Å². The molecule has 16 heavy (non-hydrogen) atoms. The van der Waals surface area contributed by atoms with E-state index in [0.29, 0.717) is 12.8 Å². The number of amides is 2. The Labute approximate surface area is 92.7 Å². The van der Waals surface area contributed by atoms with Crippen LogP contribution in [0.4, 0.5) is 4.79 Å². The lowest BCUT2D eigenvalue weighted by molar-refractivity contribution is -0.155. The van der Waals surface area contributed by atoms with Gasteiger partial charge in [-0.3, -0.25) is 10.2 Å². The minimum atomic E-state index is -0.931. The monoisotopic (exact) mass is 229 g/mol. The van der Waals surface area contributed by atoms with Crippen LogP contribution in [0.25, 0.3) is 0 Å². The first-order valence-electron chi connectivity index (χ1n) is 5.05. The lowest BCUT2D eigenvalue weighted by Crippen LogP contribution is -2.55. The van der Waals surface area contributed by atoms with Crippen molar-refractivity contribution in [1.29, 1.82) is 0 Å². The highest BCUT2D eigenvalue weighted by atomic mass is 16.6. The summed E-state index contributed by atoms with van der Waals surface area (Å²) in [7, 11) is 0. The molecule has 7 heteroatoms. The lowest BCUT2D eigenvalue weighted by atomic mass is 9.77. The van der Waals surface area contributed by atoms with E-state index in [0.717, 1.165) is 0 Å². The van der Waals surface area contributed by atoms with Crippen molar-refractivity contribution in [2.24, 2.45) is 11.1 Å². The number of cyclic esters (lactones) is 2. The van der Waals surface area contributed by atoms with Gasteiger partial charge in [0.25, 0.3) is 0 Å². The summed E-state index contributed by atoms with van der Waals surface area (Å²) in [6, 6.07) is -1.71. The molecule has 1 atom stereocenters. The van der Waals surface area contributed by atoms with Crippen LogP contribution < -0.4 is 16.6 Å². The Morgan fingerprint density at radius 3 is 2.44 bits per heavy atom. The molecule has 1 fully saturated rings. The average Bonchev–Trinajstić information content (AvgIpc) is 2.46. The summed E-state index contributed by atoms with van der Waals surface area (Å²) in [4.78, 5) is 33.6. The van der Waals surface area contributed by atoms with Crippen molar-refractivity contribution < 1.29 is 19.1 Å². The standard InChI is InChI=1S/C9H15N3O4/c1-3-9(4-2)5(11-12-8(10)15)6(13)16-7(9)14/h5,11H,3-4H2,1-2H3,(H3,10,12,15)/t5-/m1/s1. The number of hydrogen-bond acceptors (Lipinski definition) is 5. The molecule has 2 amide bonds. The second kappa shape index (κ2) is 4.48. The summed E-state index contributed by atoms with van der Waals surface area (Å²) >= 11 is 0. The first kappa shape index (κ1) is 12.4. The molecule has 0 saturated carbocycles. The highest BCUT2D eigenvalue weighted by Gasteiger charge is 2.55. The highest BCUT2D eigenvalue weighted by Crippen LogP contribution is 2.37. The van der Waals surface area contributed by atoms with Crippen LogP contribution in [0.2, 0.25) is 0 Å². The van der Waals surface area contributed by atoms with Crippen LogP contribution in [0, 0.1) is 5.41 Å². The number of nitrogens with two attached hydrogens (primary N) is 1. The number of nitrogens with one attached hydrogen (secondary N) is 2. The van der Waals surface area contributed by atoms with Gasteiger partial charge in [-0.2, -0.15) is 0 Å². The SMILES string of the molecule is CCC1(CC)C(=O)OC(=O)[C@H]1NNC(N)=O. The number of esters is 2. The largest absolute Gasteiger partial charge is 0.391 e. The molecular weight excluding hydrogens is 214 g/mol. The predicted molar refractivity (Wildman–Crippen MR) is 53.8 cm³/mol. The van der Waals surface area contributed by atoms with Crippen molar-refractivity contribution in [1.82, 2.24) is 10.9 Å². The zero-order valence-corrected chi connectivity index (χ0v) is 9.20. The number of carbonyl (C=O) groups excluding carboxylic acids is 3. The first-order chi connectivity index (χ1) is 7.47. The summed E-state index contributed by atoms with van der Waals surface area (Å²) < 4.78 is 4.57. The van der Waals surface area contributed by atoms with E-state index in [9.17, 15) is 14.4 Å². The Morgan fingerprint density at radius 2 is 2.00 bits per heavy atom. The van der Waals surface area contributed by atoms with E-state index in [1.807, 2.05) is 0 Å². The summed E-state index contributed by atoms with van der Waals surface area (Å²) in [5, 5.41) is 0. The van der Waals surface area contributed by atoms with E-state index in [1.165, 1.54) is 0 Å². The van der Waals surface area contributed by atoms with E-state index in [2.05, 4.69) is 15.6 Å². The summed E-state index contributed by atoms with van der Waals surface area (Å²) in [5.74, 6) is -1.26. The fourth-order valence-corrected chi connectivity index (χ4v) is 1.88. The smallest absolute Gasteiger partial charge is 0.333 e. The molecule has 0 spiro atoms. The van der Waals surface area contributed by atoms with E-state index in [-0.39, 0.29) is 0 Å². The van der Waals surface area contributed by atoms with E-state index >= 15 is 0 Å². The minimum Gasteiger partial charge on any atom is -0.391 e. The normalized spacial score (nSPS) is 23.0. The molecule has 1 aliphatic rings. The van der Waals surface area contributed by atoms with Gasteiger partial charge in [0.2, 0.25) is 0 Å². The van der Waals surface area contributed by atoms with Crippen LogP contribution in [0.15, 0.2) is 0 Å². The van der Waals surface area contributed by atoms with Crippen molar-refractivity contribution in [3.8, 4) is 0 Å². The fraction of sp³-hybridized carbons (Fsp3) is 0.667. The maximum Gasteiger partial charge on any atom is 0.333 e. The molecule has 0 bridgehead atoms. The summed E-state index contributed by atoms with van der Waals surface area (Å²) in [6.45, 7) is 3.56. The number of hydrogen-bond donors (Lipinski definition) is 3. The Kier molecular flexibility index (Phi) is 3.48. The van der Waals surface area contributed by atoms with Crippen LogP contribution >= 0.6 is 0 Å². The maximum absolute atomic E-state index is 11.6. The van der Waals surface area contributed by atoms with Gasteiger partial charge in [0.1, 0.15) is 6.04 Å². The van der Waals surface area contributed by atoms with Crippen LogP contribution in [0.3, 0.4) is 0 Å². The van der Waals surface area contributed by atoms with Gasteiger partial charge in [0, 0.05) is 0 Å². The van der Waals surface area contributed by atoms with Gasteiger partial charge in [-0.25, -0.2) is 15.0 Å². The second-order valence-electron chi connectivity index (χ2n) is 3.64. The maximum atomic E-state index is 11.6. The number of primary amides is 1. The quantitative estimate of drug-likeness (QED) is 0.339. The lowest BCUT2D eigenvalue weighted by Gasteiger charge is -2.27. The van der Waals surface area contributed by atoms with Gasteiger partial charge in [0.15, 0.2) is 0 Å². The average molecular weight is 229 g/mol. The Balaban J connectivity index is 2.89. The number of hydrazine groups is 1. The molecule has 0 radical (unpaired) electrons. The molecule has 0 unspecified atom stereocenters. The first-order valence-corrected chi connectivity index (χ1v) is 5.05. The number of urea groups is 1. The molecule has 0 aliphatic carbocycles. The predicted octanol–water partition coefficient (Wildman–Crippen LogP) is -0.582. The number of ether oxygens (including phenoxy) is 1. The Hall–Kier alpha value is -1.63. The van der Waals surface area contributed by atoms with Crippen molar-refractivity contribution in [3.05, 3.63) is 0 Å². The zero-order valence-electron chi connectivity index (χ0n) is 9.20. The minimum absolute atomic E-state index is 0.437. The number of carbonyl (C=O) groups is 3. The van der Waals surface area contributed by atoms with E-state index in [4.69, 9.17) is 5.73 Å². The van der Waals surface area contributed by atoms with Crippen molar-refractivity contribution in [3.63, 3.8) is 0 Å². The second-order valence-corrected chi connectivity index (χ2v) is 3.64. The highest BCUT2D eigenvalue weighted by molar-refractivity contribution is 6.01. The van der Waals surface area contributed by atoms with Crippen molar-refractivity contribution in [2.75, 3.05) is 0 Å². The van der Waals surface area contributed by atoms with Gasteiger partial charge in [0.05, 0.1) is 5.41 Å². The van der Waals surface area contributed by atoms with Crippen molar-refractivity contribution in [2.45, 2.75) is 32.7 Å². The van der Waals surface area contributed by atoms with Gasteiger partial charge >= 0.3 is 18.0 Å². The topological polar surface area (TPSA) is 111 Å². The third-order valence-corrected chi connectivity index (χ3v) is 2.99. The van der Waals surface area contributed by atoms with Crippen LogP contribution in [-0.4, -0.2) is 24.0 Å². The van der Waals surface area contributed by atoms with Gasteiger partial charge in [-0.05, 0) is 12.8 Å². The summed E-state index contributed by atoms with van der Waals surface area (Å²) in [6.07, 6.45) is 0.873. The van der Waals surface area contributed by atoms with Gasteiger partial charge < -0.3 is 10.5 Å². The third-order valence-electron chi connectivity index (χ3n) is 2.99. The number of rotatable bonds is 4. The summed E-state index contributed by atoms with van der Waals surface area (Å²) in [5.41, 5.74) is 8.47.